The summed E-state index contributed by atoms with van der Waals surface area (Å²) in [5.41, 5.74) is 0. The van der Waals surface area contributed by atoms with Gasteiger partial charge in [0, 0.05) is 19.2 Å². The van der Waals surface area contributed by atoms with Gasteiger partial charge in [0.2, 0.25) is 5.91 Å². The highest BCUT2D eigenvalue weighted by Crippen LogP contribution is 2.21. The van der Waals surface area contributed by atoms with Crippen LogP contribution in [0.1, 0.15) is 6.42 Å². The maximum atomic E-state index is 13.0. The normalized spacial score (nSPS) is 15.6. The summed E-state index contributed by atoms with van der Waals surface area (Å²) < 4.78 is 23.4. The Morgan fingerprint density at radius 3 is 3.05 bits per heavy atom. The third-order valence-electron chi connectivity index (χ3n) is 2.84. The Morgan fingerprint density at radius 2 is 2.32 bits per heavy atom. The number of aromatic hydroxyl groups is 1. The molecule has 1 aromatic rings. The molecule has 0 bridgehead atoms. The second-order valence-electron chi connectivity index (χ2n) is 4.25. The van der Waals surface area contributed by atoms with Crippen LogP contribution in [0.2, 0.25) is 0 Å². The zero-order chi connectivity index (χ0) is 13.7. The van der Waals surface area contributed by atoms with E-state index in [0.717, 1.165) is 6.07 Å². The first kappa shape index (κ1) is 13.6. The molecule has 1 aliphatic heterocycles. The molecule has 0 aliphatic carbocycles. The summed E-state index contributed by atoms with van der Waals surface area (Å²) in [5.74, 6) is -0.752. The van der Waals surface area contributed by atoms with Gasteiger partial charge in [0.1, 0.15) is 12.4 Å². The highest BCUT2D eigenvalue weighted by atomic mass is 19.1. The Kier molecular flexibility index (Phi) is 4.57. The number of rotatable bonds is 5. The van der Waals surface area contributed by atoms with Crippen LogP contribution < -0.4 is 4.74 Å². The molecule has 1 aromatic carbocycles. The summed E-state index contributed by atoms with van der Waals surface area (Å²) in [6.07, 6.45) is 0.661. The predicted octanol–water partition coefficient (Wildman–Crippen LogP) is 1.16. The van der Waals surface area contributed by atoms with Crippen LogP contribution in [-0.4, -0.2) is 48.8 Å². The molecule has 0 saturated carbocycles. The fraction of sp³-hybridized carbons (Fsp3) is 0.462. The topological polar surface area (TPSA) is 59.0 Å². The smallest absolute Gasteiger partial charge is 0.248 e. The zero-order valence-electron chi connectivity index (χ0n) is 10.5. The summed E-state index contributed by atoms with van der Waals surface area (Å²) in [4.78, 5) is 13.1. The van der Waals surface area contributed by atoms with Gasteiger partial charge in [-0.05, 0) is 18.6 Å². The molecule has 6 heteroatoms. The summed E-state index contributed by atoms with van der Waals surface area (Å²) >= 11 is 0. The Bertz CT molecular complexity index is 452. The molecule has 1 aliphatic rings. The monoisotopic (exact) mass is 269 g/mol. The molecule has 2 rings (SSSR count). The number of benzene rings is 1. The highest BCUT2D eigenvalue weighted by molar-refractivity contribution is 5.77. The minimum atomic E-state index is -0.708. The molecule has 104 valence electrons. The van der Waals surface area contributed by atoms with Crippen LogP contribution >= 0.6 is 0 Å². The number of phenolic OH excluding ortho intramolecular Hbond substituents is 1. The lowest BCUT2D eigenvalue weighted by atomic mass is 10.3. The van der Waals surface area contributed by atoms with Gasteiger partial charge in [-0.25, -0.2) is 4.39 Å². The van der Waals surface area contributed by atoms with Gasteiger partial charge < -0.3 is 19.5 Å². The lowest BCUT2D eigenvalue weighted by Crippen LogP contribution is -2.42. The molecule has 0 unspecified atom stereocenters. The van der Waals surface area contributed by atoms with E-state index in [9.17, 15) is 9.18 Å². The van der Waals surface area contributed by atoms with E-state index in [0.29, 0.717) is 38.5 Å². The van der Waals surface area contributed by atoms with E-state index in [1.807, 2.05) is 0 Å². The molecule has 0 radical (unpaired) electrons. The maximum Gasteiger partial charge on any atom is 0.248 e. The number of nitrogens with zero attached hydrogens (tertiary/aromatic N) is 1. The van der Waals surface area contributed by atoms with E-state index in [-0.39, 0.29) is 12.5 Å². The quantitative estimate of drug-likeness (QED) is 0.815. The minimum Gasteiger partial charge on any atom is -0.505 e. The van der Waals surface area contributed by atoms with Gasteiger partial charge in [-0.1, -0.05) is 0 Å². The van der Waals surface area contributed by atoms with E-state index < -0.39 is 11.6 Å². The number of carbonyl (C=O) groups excluding carboxylic acids is 1. The van der Waals surface area contributed by atoms with Crippen molar-refractivity contribution in [2.24, 2.45) is 0 Å². The van der Waals surface area contributed by atoms with Crippen LogP contribution in [0.5, 0.6) is 11.5 Å². The first-order chi connectivity index (χ1) is 9.16. The molecule has 0 spiro atoms. The predicted molar refractivity (Wildman–Crippen MR) is 65.6 cm³/mol. The summed E-state index contributed by atoms with van der Waals surface area (Å²) in [7, 11) is 0. The van der Waals surface area contributed by atoms with E-state index in [1.165, 1.54) is 12.1 Å². The lowest BCUT2D eigenvalue weighted by molar-refractivity contribution is -0.142. The highest BCUT2D eigenvalue weighted by Gasteiger charge is 2.17. The Balaban J connectivity index is 1.71. The van der Waals surface area contributed by atoms with Gasteiger partial charge in [-0.3, -0.25) is 4.79 Å². The van der Waals surface area contributed by atoms with E-state index in [2.05, 4.69) is 0 Å². The molecule has 1 N–H and O–H groups in total. The SMILES string of the molecule is O=C1COCCN1CCCOc1ccc(O)c(F)c1. The molecule has 0 aromatic heterocycles. The summed E-state index contributed by atoms with van der Waals surface area (Å²) in [6, 6.07) is 3.88. The zero-order valence-corrected chi connectivity index (χ0v) is 10.5. The van der Waals surface area contributed by atoms with Crippen LogP contribution in [0.3, 0.4) is 0 Å². The van der Waals surface area contributed by atoms with Crippen LogP contribution in [0.15, 0.2) is 18.2 Å². The van der Waals surface area contributed by atoms with Crippen LogP contribution in [0, 0.1) is 5.82 Å². The van der Waals surface area contributed by atoms with Gasteiger partial charge >= 0.3 is 0 Å². The van der Waals surface area contributed by atoms with Crippen molar-refractivity contribution < 1.29 is 23.8 Å². The van der Waals surface area contributed by atoms with Crippen molar-refractivity contribution in [2.45, 2.75) is 6.42 Å². The van der Waals surface area contributed by atoms with Crippen LogP contribution in [0.25, 0.3) is 0 Å². The number of hydrogen-bond donors (Lipinski definition) is 1. The number of phenols is 1. The first-order valence-corrected chi connectivity index (χ1v) is 6.13. The second kappa shape index (κ2) is 6.38. The third-order valence-corrected chi connectivity index (χ3v) is 2.84. The number of amides is 1. The van der Waals surface area contributed by atoms with E-state index in [1.54, 1.807) is 4.90 Å². The molecule has 19 heavy (non-hydrogen) atoms. The Hall–Kier alpha value is -1.82. The number of carbonyl (C=O) groups is 1. The van der Waals surface area contributed by atoms with Crippen LogP contribution in [0.4, 0.5) is 4.39 Å². The Labute approximate surface area is 110 Å². The average molecular weight is 269 g/mol. The number of halogens is 1. The van der Waals surface area contributed by atoms with Crippen molar-refractivity contribution in [1.29, 1.82) is 0 Å². The number of hydrogen-bond acceptors (Lipinski definition) is 4. The largest absolute Gasteiger partial charge is 0.505 e. The van der Waals surface area contributed by atoms with Crippen LogP contribution in [-0.2, 0) is 9.53 Å². The number of morpholine rings is 1. The molecule has 0 atom stereocenters. The van der Waals surface area contributed by atoms with Crippen molar-refractivity contribution in [3.63, 3.8) is 0 Å². The maximum absolute atomic E-state index is 13.0. The van der Waals surface area contributed by atoms with Gasteiger partial charge in [-0.15, -0.1) is 0 Å². The summed E-state index contributed by atoms with van der Waals surface area (Å²) in [5, 5.41) is 9.03. The molecule has 1 heterocycles. The molecule has 1 fully saturated rings. The van der Waals surface area contributed by atoms with Crippen molar-refractivity contribution >= 4 is 5.91 Å². The first-order valence-electron chi connectivity index (χ1n) is 6.13. The van der Waals surface area contributed by atoms with Crippen molar-refractivity contribution in [3.05, 3.63) is 24.0 Å². The molecule has 5 nitrogen and oxygen atoms in total. The van der Waals surface area contributed by atoms with Crippen molar-refractivity contribution in [1.82, 2.24) is 4.90 Å². The second-order valence-corrected chi connectivity index (χ2v) is 4.25. The molecule has 1 saturated heterocycles. The standard InChI is InChI=1S/C13H16FNO4/c14-11-8-10(2-3-12(11)16)19-6-1-4-15-5-7-18-9-13(15)17/h2-3,8,16H,1,4-7,9H2. The minimum absolute atomic E-state index is 0.0121. The fourth-order valence-corrected chi connectivity index (χ4v) is 1.81. The fourth-order valence-electron chi connectivity index (χ4n) is 1.81. The molecular weight excluding hydrogens is 253 g/mol. The molecular formula is C13H16FNO4. The van der Waals surface area contributed by atoms with Crippen molar-refractivity contribution in [3.8, 4) is 11.5 Å². The van der Waals surface area contributed by atoms with Gasteiger partial charge in [0.05, 0.1) is 13.2 Å². The molecule has 1 amide bonds. The summed E-state index contributed by atoms with van der Waals surface area (Å²) in [6.45, 7) is 2.30. The van der Waals surface area contributed by atoms with Gasteiger partial charge in [-0.2, -0.15) is 0 Å². The van der Waals surface area contributed by atoms with Crippen molar-refractivity contribution in [2.75, 3.05) is 32.9 Å². The Morgan fingerprint density at radius 1 is 1.47 bits per heavy atom. The number of ether oxygens (including phenoxy) is 2. The third kappa shape index (κ3) is 3.82. The van der Waals surface area contributed by atoms with E-state index >= 15 is 0 Å². The van der Waals surface area contributed by atoms with E-state index in [4.69, 9.17) is 14.6 Å². The lowest BCUT2D eigenvalue weighted by Gasteiger charge is -2.26. The average Bonchev–Trinajstić information content (AvgIpc) is 2.40. The van der Waals surface area contributed by atoms with Gasteiger partial charge in [0.15, 0.2) is 11.6 Å². The van der Waals surface area contributed by atoms with Gasteiger partial charge in [0.25, 0.3) is 0 Å².